The van der Waals surface area contributed by atoms with Crippen LogP contribution in [0.5, 0.6) is 0 Å². The summed E-state index contributed by atoms with van der Waals surface area (Å²) in [5.41, 5.74) is 4.71. The van der Waals surface area contributed by atoms with E-state index in [0.29, 0.717) is 0 Å². The summed E-state index contributed by atoms with van der Waals surface area (Å²) in [6, 6.07) is 6.22. The zero-order chi connectivity index (χ0) is 12.5. The fourth-order valence-corrected chi connectivity index (χ4v) is 2.90. The quantitative estimate of drug-likeness (QED) is 0.763. The van der Waals surface area contributed by atoms with Crippen LogP contribution in [0.15, 0.2) is 23.0 Å². The van der Waals surface area contributed by atoms with Crippen LogP contribution in [0.2, 0.25) is 0 Å². The lowest BCUT2D eigenvalue weighted by Gasteiger charge is -2.09. The summed E-state index contributed by atoms with van der Waals surface area (Å²) in [6.07, 6.45) is 6.52. The van der Waals surface area contributed by atoms with Crippen molar-refractivity contribution in [3.63, 3.8) is 0 Å². The van der Waals surface area contributed by atoms with E-state index in [2.05, 4.69) is 30.1 Å². The van der Waals surface area contributed by atoms with Crippen LogP contribution in [0.25, 0.3) is 10.9 Å². The number of aromatic nitrogens is 1. The van der Waals surface area contributed by atoms with Crippen molar-refractivity contribution in [1.82, 2.24) is 4.98 Å². The topological polar surface area (TPSA) is 32.9 Å². The van der Waals surface area contributed by atoms with Gasteiger partial charge in [0.1, 0.15) is 0 Å². The van der Waals surface area contributed by atoms with Crippen LogP contribution in [-0.4, -0.2) is 4.98 Å². The second kappa shape index (κ2) is 4.60. The number of nitrogens with one attached hydrogen (secondary N) is 1. The van der Waals surface area contributed by atoms with E-state index in [1.807, 2.05) is 0 Å². The number of pyridine rings is 1. The highest BCUT2D eigenvalue weighted by Gasteiger charge is 2.14. The highest BCUT2D eigenvalue weighted by molar-refractivity contribution is 5.80. The SMILES string of the molecule is CCc1ccc2[nH]c3c(c(=O)c2c1)CCCCC3. The van der Waals surface area contributed by atoms with E-state index in [-0.39, 0.29) is 5.43 Å². The van der Waals surface area contributed by atoms with Gasteiger partial charge in [0.15, 0.2) is 5.43 Å². The van der Waals surface area contributed by atoms with E-state index in [1.165, 1.54) is 24.1 Å². The molecular formula is C16H19NO. The summed E-state index contributed by atoms with van der Waals surface area (Å²) in [7, 11) is 0. The van der Waals surface area contributed by atoms with Crippen molar-refractivity contribution >= 4 is 10.9 Å². The number of benzene rings is 1. The number of H-pyrrole nitrogens is 1. The Kier molecular flexibility index (Phi) is 2.94. The van der Waals surface area contributed by atoms with Gasteiger partial charge in [0.05, 0.1) is 0 Å². The monoisotopic (exact) mass is 241 g/mol. The first-order valence-corrected chi connectivity index (χ1v) is 6.96. The van der Waals surface area contributed by atoms with Crippen molar-refractivity contribution in [2.45, 2.75) is 45.4 Å². The van der Waals surface area contributed by atoms with E-state index < -0.39 is 0 Å². The fraction of sp³-hybridized carbons (Fsp3) is 0.438. The van der Waals surface area contributed by atoms with Crippen molar-refractivity contribution in [2.24, 2.45) is 0 Å². The van der Waals surface area contributed by atoms with Gasteiger partial charge in [-0.15, -0.1) is 0 Å². The van der Waals surface area contributed by atoms with Crippen LogP contribution < -0.4 is 5.43 Å². The van der Waals surface area contributed by atoms with Crippen LogP contribution in [0.4, 0.5) is 0 Å². The molecule has 0 spiro atoms. The maximum absolute atomic E-state index is 12.6. The molecule has 2 heteroatoms. The van der Waals surface area contributed by atoms with E-state index in [4.69, 9.17) is 0 Å². The second-order valence-corrected chi connectivity index (χ2v) is 5.21. The zero-order valence-electron chi connectivity index (χ0n) is 10.9. The summed E-state index contributed by atoms with van der Waals surface area (Å²) in [5, 5.41) is 0.870. The van der Waals surface area contributed by atoms with E-state index in [1.54, 1.807) is 0 Å². The van der Waals surface area contributed by atoms with Gasteiger partial charge in [-0.05, 0) is 49.8 Å². The van der Waals surface area contributed by atoms with Gasteiger partial charge in [-0.25, -0.2) is 0 Å². The average Bonchev–Trinajstić information content (AvgIpc) is 2.64. The van der Waals surface area contributed by atoms with Gasteiger partial charge in [0, 0.05) is 22.2 Å². The van der Waals surface area contributed by atoms with Gasteiger partial charge in [0.2, 0.25) is 0 Å². The summed E-state index contributed by atoms with van der Waals surface area (Å²) >= 11 is 0. The van der Waals surface area contributed by atoms with Crippen LogP contribution in [-0.2, 0) is 19.3 Å². The molecule has 0 fully saturated rings. The first kappa shape index (κ1) is 11.5. The Bertz CT molecular complexity index is 639. The molecule has 2 nitrogen and oxygen atoms in total. The average molecular weight is 241 g/mol. The molecule has 94 valence electrons. The fourth-order valence-electron chi connectivity index (χ4n) is 2.90. The standard InChI is InChI=1S/C16H19NO/c1-2-11-8-9-15-13(10-11)16(18)12-6-4-3-5-7-14(12)17-15/h8-10H,2-7H2,1H3,(H,17,18). The third-order valence-corrected chi connectivity index (χ3v) is 4.01. The minimum absolute atomic E-state index is 0.260. The van der Waals surface area contributed by atoms with Gasteiger partial charge in [0.25, 0.3) is 0 Å². The molecule has 1 N–H and O–H groups in total. The smallest absolute Gasteiger partial charge is 0.192 e. The molecular weight excluding hydrogens is 222 g/mol. The molecule has 1 aromatic heterocycles. The minimum atomic E-state index is 0.260. The largest absolute Gasteiger partial charge is 0.358 e. The highest BCUT2D eigenvalue weighted by atomic mass is 16.1. The van der Waals surface area contributed by atoms with Crippen molar-refractivity contribution in [1.29, 1.82) is 0 Å². The lowest BCUT2D eigenvalue weighted by Crippen LogP contribution is -2.14. The molecule has 0 saturated heterocycles. The summed E-state index contributed by atoms with van der Waals surface area (Å²) < 4.78 is 0. The Morgan fingerprint density at radius 1 is 1.17 bits per heavy atom. The third kappa shape index (κ3) is 1.86. The molecule has 0 atom stereocenters. The Hall–Kier alpha value is -1.57. The van der Waals surface area contributed by atoms with E-state index >= 15 is 0 Å². The van der Waals surface area contributed by atoms with Gasteiger partial charge < -0.3 is 4.98 Å². The molecule has 0 saturated carbocycles. The van der Waals surface area contributed by atoms with Crippen molar-refractivity contribution in [2.75, 3.05) is 0 Å². The van der Waals surface area contributed by atoms with Crippen LogP contribution in [0.1, 0.15) is 43.0 Å². The van der Waals surface area contributed by atoms with Crippen LogP contribution in [0, 0.1) is 0 Å². The van der Waals surface area contributed by atoms with E-state index in [9.17, 15) is 4.79 Å². The summed E-state index contributed by atoms with van der Waals surface area (Å²) in [5.74, 6) is 0. The molecule has 2 aromatic rings. The maximum atomic E-state index is 12.6. The summed E-state index contributed by atoms with van der Waals surface area (Å²) in [6.45, 7) is 2.12. The number of fused-ring (bicyclic) bond motifs is 2. The molecule has 0 bridgehead atoms. The molecule has 1 heterocycles. The molecule has 1 aliphatic rings. The lowest BCUT2D eigenvalue weighted by atomic mass is 10.0. The molecule has 1 aliphatic carbocycles. The molecule has 0 aliphatic heterocycles. The van der Waals surface area contributed by atoms with Crippen LogP contribution in [0.3, 0.4) is 0 Å². The highest BCUT2D eigenvalue weighted by Crippen LogP contribution is 2.20. The molecule has 0 unspecified atom stereocenters. The van der Waals surface area contributed by atoms with Crippen molar-refractivity contribution in [3.8, 4) is 0 Å². The Morgan fingerprint density at radius 2 is 2.00 bits per heavy atom. The van der Waals surface area contributed by atoms with Crippen molar-refractivity contribution < 1.29 is 0 Å². The number of aromatic amines is 1. The van der Waals surface area contributed by atoms with Crippen molar-refractivity contribution in [3.05, 3.63) is 45.2 Å². The van der Waals surface area contributed by atoms with Gasteiger partial charge in [-0.3, -0.25) is 4.79 Å². The Labute approximate surface area is 107 Å². The number of aryl methyl sites for hydroxylation is 2. The Balaban J connectivity index is 2.28. The predicted octanol–water partition coefficient (Wildman–Crippen LogP) is 3.36. The predicted molar refractivity (Wildman–Crippen MR) is 75.2 cm³/mol. The number of hydrogen-bond donors (Lipinski definition) is 1. The minimum Gasteiger partial charge on any atom is -0.358 e. The number of hydrogen-bond acceptors (Lipinski definition) is 1. The first-order chi connectivity index (χ1) is 8.79. The van der Waals surface area contributed by atoms with Gasteiger partial charge in [-0.1, -0.05) is 19.4 Å². The first-order valence-electron chi connectivity index (χ1n) is 6.96. The van der Waals surface area contributed by atoms with Gasteiger partial charge >= 0.3 is 0 Å². The molecule has 3 rings (SSSR count). The number of rotatable bonds is 1. The maximum Gasteiger partial charge on any atom is 0.192 e. The summed E-state index contributed by atoms with van der Waals surface area (Å²) in [4.78, 5) is 16.1. The molecule has 18 heavy (non-hydrogen) atoms. The molecule has 0 amide bonds. The lowest BCUT2D eigenvalue weighted by molar-refractivity contribution is 0.708. The van der Waals surface area contributed by atoms with E-state index in [0.717, 1.165) is 42.1 Å². The van der Waals surface area contributed by atoms with Gasteiger partial charge in [-0.2, -0.15) is 0 Å². The zero-order valence-corrected chi connectivity index (χ0v) is 10.9. The second-order valence-electron chi connectivity index (χ2n) is 5.21. The van der Waals surface area contributed by atoms with Crippen LogP contribution >= 0.6 is 0 Å². The molecule has 0 radical (unpaired) electrons. The molecule has 1 aromatic carbocycles. The normalized spacial score (nSPS) is 15.4. The Morgan fingerprint density at radius 3 is 2.83 bits per heavy atom. The third-order valence-electron chi connectivity index (χ3n) is 4.01.